The second kappa shape index (κ2) is 7.01. The van der Waals surface area contributed by atoms with Gasteiger partial charge in [-0.05, 0) is 42.5 Å². The van der Waals surface area contributed by atoms with Gasteiger partial charge in [-0.15, -0.1) is 0 Å². The second-order valence-electron chi connectivity index (χ2n) is 5.11. The lowest BCUT2D eigenvalue weighted by Gasteiger charge is -2.11. The molecule has 0 aromatic heterocycles. The van der Waals surface area contributed by atoms with E-state index in [1.165, 1.54) is 36.4 Å². The largest absolute Gasteiger partial charge is 0.416 e. The third kappa shape index (κ3) is 5.99. The van der Waals surface area contributed by atoms with Gasteiger partial charge in [0, 0.05) is 17.1 Å². The molecule has 134 valence electrons. The number of alkyl halides is 3. The van der Waals surface area contributed by atoms with Gasteiger partial charge in [0.15, 0.2) is 0 Å². The van der Waals surface area contributed by atoms with Crippen LogP contribution >= 0.6 is 0 Å². The molecule has 0 aliphatic rings. The van der Waals surface area contributed by atoms with Crippen molar-refractivity contribution in [2.75, 3.05) is 21.6 Å². The Hall–Kier alpha value is -2.75. The number of carbonyl (C=O) groups is 1. The number of anilines is 3. The Labute approximate surface area is 142 Å². The molecule has 6 nitrogen and oxygen atoms in total. The number of halogens is 3. The standard InChI is InChI=1S/C15H14F3N3O3S/c1-25(23,24)21-12-7-5-11(6-8-12)19-14(22)20-13-4-2-3-10(9-13)15(16,17)18/h2-9,21H,1H3,(H2,19,20,22). The highest BCUT2D eigenvalue weighted by Crippen LogP contribution is 2.30. The van der Waals surface area contributed by atoms with Gasteiger partial charge in [0.1, 0.15) is 0 Å². The third-order valence-corrected chi connectivity index (χ3v) is 3.50. The molecule has 2 rings (SSSR count). The molecular formula is C15H14F3N3O3S. The monoisotopic (exact) mass is 373 g/mol. The molecule has 2 amide bonds. The zero-order valence-corrected chi connectivity index (χ0v) is 13.7. The van der Waals surface area contributed by atoms with Crippen LogP contribution in [0.15, 0.2) is 48.5 Å². The lowest BCUT2D eigenvalue weighted by atomic mass is 10.2. The molecule has 3 N–H and O–H groups in total. The van der Waals surface area contributed by atoms with Crippen molar-refractivity contribution in [2.45, 2.75) is 6.18 Å². The number of rotatable bonds is 4. The fourth-order valence-corrected chi connectivity index (χ4v) is 2.47. The molecule has 2 aromatic rings. The van der Waals surface area contributed by atoms with E-state index < -0.39 is 27.8 Å². The molecule has 0 saturated heterocycles. The van der Waals surface area contributed by atoms with E-state index in [4.69, 9.17) is 0 Å². The molecule has 0 aliphatic carbocycles. The highest BCUT2D eigenvalue weighted by Gasteiger charge is 2.30. The number of urea groups is 1. The summed E-state index contributed by atoms with van der Waals surface area (Å²) in [5, 5.41) is 4.72. The minimum absolute atomic E-state index is 0.0114. The summed E-state index contributed by atoms with van der Waals surface area (Å²) in [5.41, 5.74) is -0.237. The Bertz CT molecular complexity index is 866. The Balaban J connectivity index is 2.01. The molecule has 0 bridgehead atoms. The number of nitrogens with one attached hydrogen (secondary N) is 3. The molecule has 0 heterocycles. The average molecular weight is 373 g/mol. The van der Waals surface area contributed by atoms with Crippen LogP contribution in [0.2, 0.25) is 0 Å². The zero-order chi connectivity index (χ0) is 18.7. The van der Waals surface area contributed by atoms with Crippen molar-refractivity contribution in [1.82, 2.24) is 0 Å². The maximum absolute atomic E-state index is 12.6. The Morgan fingerprint density at radius 2 is 1.48 bits per heavy atom. The van der Waals surface area contributed by atoms with Gasteiger partial charge in [0.05, 0.1) is 11.8 Å². The molecule has 10 heteroatoms. The van der Waals surface area contributed by atoms with Crippen molar-refractivity contribution in [3.8, 4) is 0 Å². The molecule has 0 radical (unpaired) electrons. The van der Waals surface area contributed by atoms with Gasteiger partial charge in [-0.1, -0.05) is 6.07 Å². The van der Waals surface area contributed by atoms with Gasteiger partial charge in [-0.2, -0.15) is 13.2 Å². The van der Waals surface area contributed by atoms with Crippen molar-refractivity contribution >= 4 is 33.1 Å². The van der Waals surface area contributed by atoms with Crippen molar-refractivity contribution in [3.05, 3.63) is 54.1 Å². The van der Waals surface area contributed by atoms with Crippen molar-refractivity contribution in [1.29, 1.82) is 0 Å². The van der Waals surface area contributed by atoms with E-state index in [1.807, 2.05) is 0 Å². The predicted octanol–water partition coefficient (Wildman–Crippen LogP) is 3.72. The van der Waals surface area contributed by atoms with Gasteiger partial charge < -0.3 is 10.6 Å². The van der Waals surface area contributed by atoms with Crippen LogP contribution in [0, 0.1) is 0 Å². The quantitative estimate of drug-likeness (QED) is 0.763. The summed E-state index contributed by atoms with van der Waals surface area (Å²) >= 11 is 0. The van der Waals surface area contributed by atoms with E-state index in [0.29, 0.717) is 11.4 Å². The molecule has 2 aromatic carbocycles. The van der Waals surface area contributed by atoms with Crippen LogP contribution in [-0.4, -0.2) is 20.7 Å². The van der Waals surface area contributed by atoms with Gasteiger partial charge >= 0.3 is 12.2 Å². The Morgan fingerprint density at radius 3 is 2.04 bits per heavy atom. The molecular weight excluding hydrogens is 359 g/mol. The smallest absolute Gasteiger partial charge is 0.308 e. The molecule has 0 unspecified atom stereocenters. The lowest BCUT2D eigenvalue weighted by molar-refractivity contribution is -0.137. The summed E-state index contributed by atoms with van der Waals surface area (Å²) in [6.07, 6.45) is -3.50. The van der Waals surface area contributed by atoms with Crippen LogP contribution < -0.4 is 15.4 Å². The van der Waals surface area contributed by atoms with Gasteiger partial charge in [0.25, 0.3) is 0 Å². The number of carbonyl (C=O) groups excluding carboxylic acids is 1. The average Bonchev–Trinajstić information content (AvgIpc) is 2.47. The SMILES string of the molecule is CS(=O)(=O)Nc1ccc(NC(=O)Nc2cccc(C(F)(F)F)c2)cc1. The van der Waals surface area contributed by atoms with Crippen LogP contribution in [0.5, 0.6) is 0 Å². The fraction of sp³-hybridized carbons (Fsp3) is 0.133. The van der Waals surface area contributed by atoms with Gasteiger partial charge in [-0.25, -0.2) is 13.2 Å². The molecule has 0 spiro atoms. The highest BCUT2D eigenvalue weighted by molar-refractivity contribution is 7.92. The van der Waals surface area contributed by atoms with Gasteiger partial charge in [-0.3, -0.25) is 4.72 Å². The normalized spacial score (nSPS) is 11.7. The molecule has 0 atom stereocenters. The first-order chi connectivity index (χ1) is 11.5. The third-order valence-electron chi connectivity index (χ3n) is 2.89. The van der Waals surface area contributed by atoms with Gasteiger partial charge in [0.2, 0.25) is 10.0 Å². The van der Waals surface area contributed by atoms with Crippen LogP contribution in [0.25, 0.3) is 0 Å². The van der Waals surface area contributed by atoms with Crippen LogP contribution in [0.1, 0.15) is 5.56 Å². The van der Waals surface area contributed by atoms with E-state index >= 15 is 0 Å². The topological polar surface area (TPSA) is 87.3 Å². The van der Waals surface area contributed by atoms with Crippen LogP contribution in [0.4, 0.5) is 35.0 Å². The Morgan fingerprint density at radius 1 is 0.920 bits per heavy atom. The maximum atomic E-state index is 12.6. The minimum atomic E-state index is -4.50. The summed E-state index contributed by atoms with van der Waals surface area (Å²) in [5.74, 6) is 0. The minimum Gasteiger partial charge on any atom is -0.308 e. The first-order valence-corrected chi connectivity index (χ1v) is 8.75. The summed E-state index contributed by atoms with van der Waals surface area (Å²) in [4.78, 5) is 11.8. The van der Waals surface area contributed by atoms with Crippen molar-refractivity contribution in [2.24, 2.45) is 0 Å². The zero-order valence-electron chi connectivity index (χ0n) is 12.9. The van der Waals surface area contributed by atoms with E-state index in [0.717, 1.165) is 18.4 Å². The number of sulfonamides is 1. The van der Waals surface area contributed by atoms with E-state index in [9.17, 15) is 26.4 Å². The lowest BCUT2D eigenvalue weighted by Crippen LogP contribution is -2.19. The first kappa shape index (κ1) is 18.6. The second-order valence-corrected chi connectivity index (χ2v) is 6.86. The predicted molar refractivity (Wildman–Crippen MR) is 89.0 cm³/mol. The molecule has 0 saturated carbocycles. The van der Waals surface area contributed by atoms with E-state index in [-0.39, 0.29) is 5.69 Å². The van der Waals surface area contributed by atoms with E-state index in [1.54, 1.807) is 0 Å². The molecule has 25 heavy (non-hydrogen) atoms. The number of benzene rings is 2. The number of hydrogen-bond acceptors (Lipinski definition) is 3. The number of amides is 2. The van der Waals surface area contributed by atoms with Crippen molar-refractivity contribution < 1.29 is 26.4 Å². The number of hydrogen-bond donors (Lipinski definition) is 3. The summed E-state index contributed by atoms with van der Waals surface area (Å²) in [7, 11) is -3.41. The summed E-state index contributed by atoms with van der Waals surface area (Å²) in [6.45, 7) is 0. The molecule has 0 fully saturated rings. The Kier molecular flexibility index (Phi) is 5.21. The highest BCUT2D eigenvalue weighted by atomic mass is 32.2. The maximum Gasteiger partial charge on any atom is 0.416 e. The summed E-state index contributed by atoms with van der Waals surface area (Å²) < 4.78 is 62.3. The van der Waals surface area contributed by atoms with E-state index in [2.05, 4.69) is 15.4 Å². The summed E-state index contributed by atoms with van der Waals surface area (Å²) in [6, 6.07) is 9.25. The van der Waals surface area contributed by atoms with Crippen LogP contribution in [-0.2, 0) is 16.2 Å². The van der Waals surface area contributed by atoms with Crippen molar-refractivity contribution in [3.63, 3.8) is 0 Å². The fourth-order valence-electron chi connectivity index (χ4n) is 1.90. The van der Waals surface area contributed by atoms with Crippen LogP contribution in [0.3, 0.4) is 0 Å². The molecule has 0 aliphatic heterocycles. The first-order valence-electron chi connectivity index (χ1n) is 6.86.